The van der Waals surface area contributed by atoms with Crippen LogP contribution in [-0.4, -0.2) is 41.5 Å². The molecule has 0 aromatic rings. The number of nitrogens with one attached hydrogen (secondary N) is 1. The number of rotatable bonds is 10. The number of carboxylic acids is 1. The summed E-state index contributed by atoms with van der Waals surface area (Å²) in [6.07, 6.45) is 1.66. The number of hydrogen-bond acceptors (Lipinski definition) is 5. The molecule has 0 aromatic carbocycles. The lowest BCUT2D eigenvalue weighted by Gasteiger charge is -2.17. The highest BCUT2D eigenvalue weighted by atomic mass is 16.4. The van der Waals surface area contributed by atoms with Gasteiger partial charge in [-0.3, -0.25) is 9.59 Å². The fourth-order valence-electron chi connectivity index (χ4n) is 1.46. The largest absolute Gasteiger partial charge is 0.480 e. The summed E-state index contributed by atoms with van der Waals surface area (Å²) in [5, 5.41) is 11.3. The van der Waals surface area contributed by atoms with Crippen LogP contribution in [0, 0.1) is 0 Å². The number of primary amides is 1. The third-order valence-electron chi connectivity index (χ3n) is 2.60. The predicted octanol–water partition coefficient (Wildman–Crippen LogP) is -1.72. The molecular weight excluding hydrogens is 252 g/mol. The van der Waals surface area contributed by atoms with E-state index in [1.54, 1.807) is 0 Å². The lowest BCUT2D eigenvalue weighted by Crippen LogP contribution is -2.48. The van der Waals surface area contributed by atoms with E-state index in [0.29, 0.717) is 25.8 Å². The average molecular weight is 274 g/mol. The first-order valence-corrected chi connectivity index (χ1v) is 6.15. The van der Waals surface area contributed by atoms with Crippen molar-refractivity contribution < 1.29 is 19.5 Å². The van der Waals surface area contributed by atoms with Crippen molar-refractivity contribution in [2.24, 2.45) is 17.2 Å². The van der Waals surface area contributed by atoms with Crippen LogP contribution in [0.2, 0.25) is 0 Å². The van der Waals surface area contributed by atoms with Gasteiger partial charge in [0, 0.05) is 6.42 Å². The van der Waals surface area contributed by atoms with Crippen LogP contribution >= 0.6 is 0 Å². The second-order valence-electron chi connectivity index (χ2n) is 4.30. The number of carbonyl (C=O) groups excluding carboxylic acids is 2. The molecule has 0 spiro atoms. The fraction of sp³-hybridized carbons (Fsp3) is 0.727. The molecule has 2 atom stereocenters. The van der Waals surface area contributed by atoms with Crippen LogP contribution in [0.4, 0.5) is 0 Å². The Bertz CT molecular complexity index is 322. The van der Waals surface area contributed by atoms with E-state index in [1.807, 2.05) is 0 Å². The molecule has 0 saturated carbocycles. The van der Waals surface area contributed by atoms with E-state index in [4.69, 9.17) is 22.3 Å². The quantitative estimate of drug-likeness (QED) is 0.297. The number of amides is 2. The standard InChI is InChI=1S/C11H22N4O4/c12-6-2-1-3-8(11(18)19)15-10(17)7(13)4-5-9(14)16/h7-8H,1-6,12-13H2,(H2,14,16)(H,15,17)(H,18,19). The van der Waals surface area contributed by atoms with Crippen molar-refractivity contribution in [2.75, 3.05) is 6.54 Å². The van der Waals surface area contributed by atoms with Gasteiger partial charge in [0.05, 0.1) is 6.04 Å². The van der Waals surface area contributed by atoms with E-state index in [9.17, 15) is 14.4 Å². The zero-order valence-corrected chi connectivity index (χ0v) is 10.8. The molecule has 0 aliphatic heterocycles. The molecule has 2 amide bonds. The Morgan fingerprint density at radius 2 is 1.79 bits per heavy atom. The highest BCUT2D eigenvalue weighted by molar-refractivity contribution is 5.87. The number of carbonyl (C=O) groups is 3. The molecular formula is C11H22N4O4. The van der Waals surface area contributed by atoms with Gasteiger partial charge in [-0.15, -0.1) is 0 Å². The maximum Gasteiger partial charge on any atom is 0.326 e. The number of aliphatic carboxylic acids is 1. The van der Waals surface area contributed by atoms with Crippen LogP contribution in [0.3, 0.4) is 0 Å². The molecule has 0 aliphatic carbocycles. The molecule has 19 heavy (non-hydrogen) atoms. The van der Waals surface area contributed by atoms with Gasteiger partial charge >= 0.3 is 5.97 Å². The van der Waals surface area contributed by atoms with Gasteiger partial charge in [0.2, 0.25) is 11.8 Å². The third-order valence-corrected chi connectivity index (χ3v) is 2.60. The molecule has 8 nitrogen and oxygen atoms in total. The van der Waals surface area contributed by atoms with E-state index in [-0.39, 0.29) is 12.8 Å². The topological polar surface area (TPSA) is 162 Å². The average Bonchev–Trinajstić information content (AvgIpc) is 2.34. The minimum absolute atomic E-state index is 0.0144. The second kappa shape index (κ2) is 9.29. The molecule has 0 saturated heterocycles. The lowest BCUT2D eigenvalue weighted by atomic mass is 10.1. The van der Waals surface area contributed by atoms with Crippen molar-refractivity contribution in [1.82, 2.24) is 5.32 Å². The van der Waals surface area contributed by atoms with Crippen molar-refractivity contribution in [3.8, 4) is 0 Å². The molecule has 0 fully saturated rings. The summed E-state index contributed by atoms with van der Waals surface area (Å²) in [5.41, 5.74) is 15.8. The highest BCUT2D eigenvalue weighted by Crippen LogP contribution is 2.02. The maximum absolute atomic E-state index is 11.6. The molecule has 0 heterocycles. The van der Waals surface area contributed by atoms with Crippen LogP contribution in [0.5, 0.6) is 0 Å². The van der Waals surface area contributed by atoms with Crippen molar-refractivity contribution in [3.63, 3.8) is 0 Å². The summed E-state index contributed by atoms with van der Waals surface area (Å²) in [6, 6.07) is -1.93. The number of unbranched alkanes of at least 4 members (excludes halogenated alkanes) is 1. The highest BCUT2D eigenvalue weighted by Gasteiger charge is 2.22. The first-order valence-electron chi connectivity index (χ1n) is 6.15. The van der Waals surface area contributed by atoms with Crippen LogP contribution in [0.15, 0.2) is 0 Å². The third kappa shape index (κ3) is 8.11. The normalized spacial score (nSPS) is 13.6. The van der Waals surface area contributed by atoms with Gasteiger partial charge < -0.3 is 27.6 Å². The Morgan fingerprint density at radius 1 is 1.16 bits per heavy atom. The van der Waals surface area contributed by atoms with Crippen LogP contribution in [0.1, 0.15) is 32.1 Å². The lowest BCUT2D eigenvalue weighted by molar-refractivity contribution is -0.142. The molecule has 0 aromatic heterocycles. The Kier molecular flexibility index (Phi) is 8.47. The minimum atomic E-state index is -1.12. The summed E-state index contributed by atoms with van der Waals surface area (Å²) < 4.78 is 0. The monoisotopic (exact) mass is 274 g/mol. The van der Waals surface area contributed by atoms with Gasteiger partial charge in [-0.05, 0) is 32.2 Å². The zero-order chi connectivity index (χ0) is 14.8. The van der Waals surface area contributed by atoms with Crippen molar-refractivity contribution in [1.29, 1.82) is 0 Å². The Morgan fingerprint density at radius 3 is 2.26 bits per heavy atom. The second-order valence-corrected chi connectivity index (χ2v) is 4.30. The van der Waals surface area contributed by atoms with E-state index in [1.165, 1.54) is 0 Å². The SMILES string of the molecule is NCCCCC(NC(=O)C(N)CCC(N)=O)C(=O)O. The summed E-state index contributed by atoms with van der Waals surface area (Å²) in [5.74, 6) is -2.27. The van der Waals surface area contributed by atoms with Gasteiger partial charge in [-0.25, -0.2) is 4.79 Å². The summed E-state index contributed by atoms with van der Waals surface area (Å²) >= 11 is 0. The van der Waals surface area contributed by atoms with Gasteiger partial charge in [0.15, 0.2) is 0 Å². The van der Waals surface area contributed by atoms with Gasteiger partial charge in [0.1, 0.15) is 6.04 Å². The van der Waals surface area contributed by atoms with Crippen LogP contribution < -0.4 is 22.5 Å². The molecule has 8 heteroatoms. The summed E-state index contributed by atoms with van der Waals surface area (Å²) in [7, 11) is 0. The fourth-order valence-corrected chi connectivity index (χ4v) is 1.46. The zero-order valence-electron chi connectivity index (χ0n) is 10.8. The van der Waals surface area contributed by atoms with Gasteiger partial charge in [-0.1, -0.05) is 0 Å². The van der Waals surface area contributed by atoms with E-state index in [0.717, 1.165) is 0 Å². The number of nitrogens with two attached hydrogens (primary N) is 3. The van der Waals surface area contributed by atoms with Crippen molar-refractivity contribution in [3.05, 3.63) is 0 Å². The number of hydrogen-bond donors (Lipinski definition) is 5. The van der Waals surface area contributed by atoms with E-state index >= 15 is 0 Å². The summed E-state index contributed by atoms with van der Waals surface area (Å²) in [6.45, 7) is 0.471. The van der Waals surface area contributed by atoms with Gasteiger partial charge in [-0.2, -0.15) is 0 Å². The van der Waals surface area contributed by atoms with Crippen molar-refractivity contribution >= 4 is 17.8 Å². The summed E-state index contributed by atoms with van der Waals surface area (Å²) in [4.78, 5) is 33.1. The van der Waals surface area contributed by atoms with E-state index < -0.39 is 29.9 Å². The minimum Gasteiger partial charge on any atom is -0.480 e. The first-order chi connectivity index (χ1) is 8.88. The molecule has 8 N–H and O–H groups in total. The Balaban J connectivity index is 4.21. The van der Waals surface area contributed by atoms with Crippen LogP contribution in [0.25, 0.3) is 0 Å². The first kappa shape index (κ1) is 17.3. The molecule has 2 unspecified atom stereocenters. The van der Waals surface area contributed by atoms with Crippen molar-refractivity contribution in [2.45, 2.75) is 44.2 Å². The number of carboxylic acid groups (broad SMARTS) is 1. The smallest absolute Gasteiger partial charge is 0.326 e. The van der Waals surface area contributed by atoms with Gasteiger partial charge in [0.25, 0.3) is 0 Å². The Labute approximate surface area is 111 Å². The molecule has 110 valence electrons. The van der Waals surface area contributed by atoms with E-state index in [2.05, 4.69) is 5.32 Å². The van der Waals surface area contributed by atoms with Crippen LogP contribution in [-0.2, 0) is 14.4 Å². The predicted molar refractivity (Wildman–Crippen MR) is 68.9 cm³/mol. The Hall–Kier alpha value is -1.67. The molecule has 0 radical (unpaired) electrons. The molecule has 0 aliphatic rings. The molecule has 0 bridgehead atoms. The maximum atomic E-state index is 11.6. The molecule has 0 rings (SSSR count).